The highest BCUT2D eigenvalue weighted by Gasteiger charge is 2.67. The standard InChI is InChI=1S/C48H25NS2/c1-3-18-35-26(10-1)27-11-2-4-19-36(27)49(35)37-25-24-34-42-28(37)12-5-13-29(42)47-30-14-6-20-38-43(30)45-32(16-8-22-40(45)50-38)48(34,47)33-17-9-23-41-46(33)44-31(47)15-7-21-39(44)51-41/h1-25H. The molecule has 0 spiro atoms. The van der Waals surface area contributed by atoms with Crippen molar-refractivity contribution in [3.05, 3.63) is 185 Å². The van der Waals surface area contributed by atoms with Crippen LogP contribution in [0.1, 0.15) is 33.4 Å². The van der Waals surface area contributed by atoms with Gasteiger partial charge in [-0.2, -0.15) is 0 Å². The van der Waals surface area contributed by atoms with Crippen LogP contribution in [0.3, 0.4) is 0 Å². The van der Waals surface area contributed by atoms with E-state index in [1.807, 2.05) is 22.7 Å². The van der Waals surface area contributed by atoms with E-state index < -0.39 is 10.8 Å². The first kappa shape index (κ1) is 26.1. The van der Waals surface area contributed by atoms with Gasteiger partial charge in [-0.3, -0.25) is 0 Å². The molecule has 0 fully saturated rings. The average Bonchev–Trinajstić information content (AvgIpc) is 3.92. The second kappa shape index (κ2) is 8.41. The molecular formula is C48H25NS2. The van der Waals surface area contributed by atoms with Gasteiger partial charge in [-0.25, -0.2) is 0 Å². The fraction of sp³-hybridized carbons (Fsp3) is 0.0417. The summed E-state index contributed by atoms with van der Waals surface area (Å²) in [4.78, 5) is 0. The molecule has 3 aromatic heterocycles. The first-order valence-corrected chi connectivity index (χ1v) is 19.4. The smallest absolute Gasteiger partial charge is 0.0649 e. The van der Waals surface area contributed by atoms with Crippen LogP contribution >= 0.6 is 22.7 Å². The Morgan fingerprint density at radius 1 is 0.314 bits per heavy atom. The molecule has 8 aromatic carbocycles. The number of para-hydroxylation sites is 2. The Labute approximate surface area is 300 Å². The molecule has 51 heavy (non-hydrogen) atoms. The molecule has 0 atom stereocenters. The molecule has 234 valence electrons. The molecule has 3 heteroatoms. The minimum absolute atomic E-state index is 0.446. The van der Waals surface area contributed by atoms with Gasteiger partial charge in [0.25, 0.3) is 0 Å². The fourth-order valence-corrected chi connectivity index (χ4v) is 13.8. The molecule has 1 nitrogen and oxygen atoms in total. The van der Waals surface area contributed by atoms with E-state index in [0.29, 0.717) is 0 Å². The number of hydrogen-bond donors (Lipinski definition) is 0. The van der Waals surface area contributed by atoms with E-state index in [0.717, 1.165) is 0 Å². The summed E-state index contributed by atoms with van der Waals surface area (Å²) >= 11 is 3.91. The zero-order valence-electron chi connectivity index (χ0n) is 27.2. The van der Waals surface area contributed by atoms with Crippen LogP contribution in [0.15, 0.2) is 152 Å². The maximum atomic E-state index is 2.53. The predicted octanol–water partition coefficient (Wildman–Crippen LogP) is 13.0. The number of nitrogens with zero attached hydrogens (tertiary/aromatic N) is 1. The normalized spacial score (nSPS) is 19.5. The van der Waals surface area contributed by atoms with Crippen molar-refractivity contribution in [1.82, 2.24) is 4.57 Å². The molecule has 0 saturated carbocycles. The van der Waals surface area contributed by atoms with Crippen molar-refractivity contribution in [1.29, 1.82) is 0 Å². The van der Waals surface area contributed by atoms with Crippen molar-refractivity contribution in [2.75, 3.05) is 0 Å². The van der Waals surface area contributed by atoms with E-state index in [1.54, 1.807) is 0 Å². The SMILES string of the molecule is c1cc2c3c(c1)sc1cccc(c13)C13c4ccc(-n5c6ccccc6c6ccccc65)c5cccc(c45)C21c1cccc2sc4cccc3c4c12. The minimum Gasteiger partial charge on any atom is -0.309 e. The van der Waals surface area contributed by atoms with Crippen molar-refractivity contribution in [2.45, 2.75) is 10.8 Å². The van der Waals surface area contributed by atoms with E-state index in [4.69, 9.17) is 0 Å². The van der Waals surface area contributed by atoms with Gasteiger partial charge in [0.2, 0.25) is 0 Å². The third-order valence-electron chi connectivity index (χ3n) is 12.9. The minimum atomic E-state index is -0.446. The largest absolute Gasteiger partial charge is 0.309 e. The molecule has 3 aliphatic rings. The summed E-state index contributed by atoms with van der Waals surface area (Å²) in [6.07, 6.45) is 0. The van der Waals surface area contributed by atoms with E-state index in [9.17, 15) is 0 Å². The second-order valence-electron chi connectivity index (χ2n) is 14.6. The van der Waals surface area contributed by atoms with Crippen molar-refractivity contribution >= 4 is 95.6 Å². The summed E-state index contributed by atoms with van der Waals surface area (Å²) in [6, 6.07) is 58.6. The van der Waals surface area contributed by atoms with Crippen molar-refractivity contribution in [2.24, 2.45) is 0 Å². The first-order valence-electron chi connectivity index (χ1n) is 17.8. The molecule has 3 aliphatic carbocycles. The Balaban J connectivity index is 1.27. The molecule has 0 N–H and O–H groups in total. The Morgan fingerprint density at radius 2 is 0.686 bits per heavy atom. The summed E-state index contributed by atoms with van der Waals surface area (Å²) in [7, 11) is 0. The van der Waals surface area contributed by atoms with Crippen molar-refractivity contribution in [3.63, 3.8) is 0 Å². The zero-order valence-corrected chi connectivity index (χ0v) is 28.8. The Morgan fingerprint density at radius 3 is 1.16 bits per heavy atom. The topological polar surface area (TPSA) is 4.93 Å². The first-order chi connectivity index (χ1) is 25.3. The fourth-order valence-electron chi connectivity index (χ4n) is 11.5. The highest BCUT2D eigenvalue weighted by Crippen LogP contribution is 2.74. The van der Waals surface area contributed by atoms with Crippen LogP contribution in [-0.2, 0) is 10.8 Å². The quantitative estimate of drug-likeness (QED) is 0.163. The van der Waals surface area contributed by atoms with Crippen molar-refractivity contribution in [3.8, 4) is 5.69 Å². The van der Waals surface area contributed by atoms with Crippen LogP contribution < -0.4 is 0 Å². The summed E-state index contributed by atoms with van der Waals surface area (Å²) in [5.41, 5.74) is 11.5. The van der Waals surface area contributed by atoms with E-state index in [2.05, 4.69) is 156 Å². The van der Waals surface area contributed by atoms with Gasteiger partial charge in [0.1, 0.15) is 0 Å². The molecule has 0 bridgehead atoms. The number of benzene rings is 8. The molecule has 0 unspecified atom stereocenters. The van der Waals surface area contributed by atoms with Crippen molar-refractivity contribution < 1.29 is 0 Å². The lowest BCUT2D eigenvalue weighted by molar-refractivity contribution is 0.447. The molecule has 0 radical (unpaired) electrons. The maximum Gasteiger partial charge on any atom is 0.0649 e. The Bertz CT molecular complexity index is 3130. The second-order valence-corrected chi connectivity index (χ2v) is 16.8. The van der Waals surface area contributed by atoms with Gasteiger partial charge >= 0.3 is 0 Å². The van der Waals surface area contributed by atoms with Gasteiger partial charge < -0.3 is 4.57 Å². The third-order valence-corrected chi connectivity index (χ3v) is 15.1. The lowest BCUT2D eigenvalue weighted by atomic mass is 9.45. The average molecular weight is 680 g/mol. The van der Waals surface area contributed by atoms with E-state index in [-0.39, 0.29) is 0 Å². The van der Waals surface area contributed by atoms with E-state index >= 15 is 0 Å². The van der Waals surface area contributed by atoms with Gasteiger partial charge in [-0.1, -0.05) is 109 Å². The predicted molar refractivity (Wildman–Crippen MR) is 217 cm³/mol. The molecule has 0 amide bonds. The van der Waals surface area contributed by atoms with Gasteiger partial charge in [-0.05, 0) is 81.2 Å². The van der Waals surface area contributed by atoms with Crippen LogP contribution in [-0.4, -0.2) is 4.57 Å². The number of fused-ring (bicyclic) bond motifs is 3. The molecule has 3 heterocycles. The third kappa shape index (κ3) is 2.54. The molecular weight excluding hydrogens is 655 g/mol. The van der Waals surface area contributed by atoms with Crippen LogP contribution in [0.2, 0.25) is 0 Å². The van der Waals surface area contributed by atoms with Gasteiger partial charge in [0.05, 0.1) is 27.6 Å². The molecule has 0 aliphatic heterocycles. The summed E-state index contributed by atoms with van der Waals surface area (Å²) in [6.45, 7) is 0. The zero-order chi connectivity index (χ0) is 32.8. The highest BCUT2D eigenvalue weighted by atomic mass is 32.1. The highest BCUT2D eigenvalue weighted by molar-refractivity contribution is 7.26. The van der Waals surface area contributed by atoms with Crippen LogP contribution in [0.5, 0.6) is 0 Å². The summed E-state index contributed by atoms with van der Waals surface area (Å²) in [5, 5.41) is 11.1. The number of rotatable bonds is 1. The lowest BCUT2D eigenvalue weighted by Crippen LogP contribution is -2.52. The van der Waals surface area contributed by atoms with Crippen LogP contribution in [0.25, 0.3) is 78.6 Å². The Kier molecular flexibility index (Phi) is 4.31. The lowest BCUT2D eigenvalue weighted by Gasteiger charge is -2.54. The number of aromatic nitrogens is 1. The van der Waals surface area contributed by atoms with Gasteiger partial charge in [0.15, 0.2) is 0 Å². The van der Waals surface area contributed by atoms with Crippen LogP contribution in [0, 0.1) is 0 Å². The number of hydrogen-bond acceptors (Lipinski definition) is 2. The monoisotopic (exact) mass is 679 g/mol. The molecule has 0 saturated heterocycles. The summed E-state index contributed by atoms with van der Waals surface area (Å²) < 4.78 is 8.05. The number of thiophene rings is 2. The van der Waals surface area contributed by atoms with Gasteiger partial charge in [-0.15, -0.1) is 22.7 Å². The molecule has 14 rings (SSSR count). The van der Waals surface area contributed by atoms with Gasteiger partial charge in [0, 0.05) is 56.5 Å². The molecule has 11 aromatic rings. The Hall–Kier alpha value is -5.74. The van der Waals surface area contributed by atoms with Crippen LogP contribution in [0.4, 0.5) is 0 Å². The van der Waals surface area contributed by atoms with E-state index in [1.165, 1.54) is 112 Å². The maximum absolute atomic E-state index is 2.53. The summed E-state index contributed by atoms with van der Waals surface area (Å²) in [5.74, 6) is 0.